The molecule has 0 atom stereocenters. The molecule has 3 aromatic carbocycles. The number of ether oxygens (including phenoxy) is 2. The molecule has 0 spiro atoms. The molecule has 0 aliphatic heterocycles. The summed E-state index contributed by atoms with van der Waals surface area (Å²) in [5.74, 6) is 0.929. The van der Waals surface area contributed by atoms with E-state index in [9.17, 15) is 14.9 Å². The number of nitriles is 1. The summed E-state index contributed by atoms with van der Waals surface area (Å²) in [5.41, 5.74) is 2.69. The minimum Gasteiger partial charge on any atom is -0.497 e. The molecule has 0 fully saturated rings. The monoisotopic (exact) mass is 534 g/mol. The Morgan fingerprint density at radius 2 is 1.56 bits per heavy atom. The van der Waals surface area contributed by atoms with Crippen LogP contribution in [0, 0.1) is 11.3 Å². The topological polar surface area (TPSA) is 102 Å². The number of aromatic nitrogens is 1. The number of rotatable bonds is 8. The lowest BCUT2D eigenvalue weighted by Crippen LogP contribution is -2.15. The molecule has 5 rings (SSSR count). The summed E-state index contributed by atoms with van der Waals surface area (Å²) < 4.78 is 15.9. The number of methoxy groups -OCH3 is 2. The highest BCUT2D eigenvalue weighted by atomic mass is 32.2. The number of hydrogen-bond donors (Lipinski definition) is 0. The maximum absolute atomic E-state index is 13.1. The van der Waals surface area contributed by atoms with E-state index in [1.165, 1.54) is 11.8 Å². The fraction of sp³-hybridized carbons (Fsp3) is 0.0968. The van der Waals surface area contributed by atoms with Crippen LogP contribution in [0.15, 0.2) is 99.0 Å². The molecular weight excluding hydrogens is 512 g/mol. The molecule has 8 heteroatoms. The first-order valence-corrected chi connectivity index (χ1v) is 12.9. The molecule has 2 aromatic heterocycles. The van der Waals surface area contributed by atoms with Crippen LogP contribution >= 0.6 is 11.8 Å². The molecule has 0 radical (unpaired) electrons. The van der Waals surface area contributed by atoms with Crippen molar-refractivity contribution in [2.75, 3.05) is 20.0 Å². The Hall–Kier alpha value is -4.87. The Kier molecular flexibility index (Phi) is 7.43. The molecule has 0 unspecified atom stereocenters. The van der Waals surface area contributed by atoms with Crippen LogP contribution in [0.4, 0.5) is 0 Å². The molecule has 0 saturated carbocycles. The molecule has 7 nitrogen and oxygen atoms in total. The van der Waals surface area contributed by atoms with Crippen molar-refractivity contribution in [1.29, 1.82) is 5.26 Å². The van der Waals surface area contributed by atoms with Crippen LogP contribution in [0.25, 0.3) is 33.5 Å². The summed E-state index contributed by atoms with van der Waals surface area (Å²) in [4.78, 5) is 31.0. The third-order valence-corrected chi connectivity index (χ3v) is 7.18. The minimum absolute atomic E-state index is 0.0282. The highest BCUT2D eigenvalue weighted by molar-refractivity contribution is 8.00. The van der Waals surface area contributed by atoms with Crippen LogP contribution in [-0.2, 0) is 0 Å². The van der Waals surface area contributed by atoms with Crippen molar-refractivity contribution in [1.82, 2.24) is 4.98 Å². The zero-order chi connectivity index (χ0) is 27.4. The third kappa shape index (κ3) is 5.40. The Bertz CT molecular complexity index is 1770. The largest absolute Gasteiger partial charge is 0.497 e. The number of nitrogens with zero attached hydrogens (tertiary/aromatic N) is 2. The zero-order valence-corrected chi connectivity index (χ0v) is 22.0. The van der Waals surface area contributed by atoms with Gasteiger partial charge in [-0.25, -0.2) is 9.78 Å². The zero-order valence-electron chi connectivity index (χ0n) is 21.1. The standard InChI is InChI=1S/C31H22N2O5S/c1-36-22-11-7-19(8-12-22)26-16-29(25(17-32)30(33-26)20-9-13-23(37-2)14-10-20)39-18-27(34)24-15-21-5-3-4-6-28(21)38-31(24)35/h3-16H,18H2,1-2H3. The number of carbonyl (C=O) groups excluding carboxylic acids is 1. The first-order chi connectivity index (χ1) is 19.0. The molecule has 39 heavy (non-hydrogen) atoms. The Morgan fingerprint density at radius 3 is 2.21 bits per heavy atom. The SMILES string of the molecule is COc1ccc(-c2cc(SCC(=O)c3cc4ccccc4oc3=O)c(C#N)c(-c3ccc(OC)cc3)n2)cc1. The second-order valence-corrected chi connectivity index (χ2v) is 9.51. The van der Waals surface area contributed by atoms with E-state index in [4.69, 9.17) is 18.9 Å². The first kappa shape index (κ1) is 25.8. The van der Waals surface area contributed by atoms with Crippen molar-refractivity contribution in [3.8, 4) is 40.1 Å². The Labute approximate surface area is 228 Å². The van der Waals surface area contributed by atoms with Crippen LogP contribution in [0.5, 0.6) is 11.5 Å². The lowest BCUT2D eigenvalue weighted by Gasteiger charge is -2.13. The molecule has 0 aliphatic carbocycles. The number of pyridine rings is 1. The summed E-state index contributed by atoms with van der Waals surface area (Å²) in [6.45, 7) is 0. The lowest BCUT2D eigenvalue weighted by atomic mass is 10.0. The van der Waals surface area contributed by atoms with Gasteiger partial charge >= 0.3 is 5.63 Å². The molecule has 192 valence electrons. The van der Waals surface area contributed by atoms with Gasteiger partial charge in [-0.3, -0.25) is 4.79 Å². The van der Waals surface area contributed by atoms with Gasteiger partial charge in [0, 0.05) is 21.4 Å². The number of hydrogen-bond acceptors (Lipinski definition) is 8. The Morgan fingerprint density at radius 1 is 0.923 bits per heavy atom. The van der Waals surface area contributed by atoms with Gasteiger partial charge in [-0.05, 0) is 66.7 Å². The predicted molar refractivity (Wildman–Crippen MR) is 150 cm³/mol. The fourth-order valence-corrected chi connectivity index (χ4v) is 5.01. The van der Waals surface area contributed by atoms with Crippen LogP contribution in [0.3, 0.4) is 0 Å². The quantitative estimate of drug-likeness (QED) is 0.128. The van der Waals surface area contributed by atoms with Gasteiger partial charge in [0.2, 0.25) is 0 Å². The number of para-hydroxylation sites is 1. The molecule has 5 aromatic rings. The van der Waals surface area contributed by atoms with Crippen molar-refractivity contribution in [3.05, 3.63) is 106 Å². The molecular formula is C31H22N2O5S. The molecule has 0 bridgehead atoms. The molecule has 0 amide bonds. The summed E-state index contributed by atoms with van der Waals surface area (Å²) in [6.07, 6.45) is 0. The van der Waals surface area contributed by atoms with Gasteiger partial charge in [-0.2, -0.15) is 5.26 Å². The second-order valence-electron chi connectivity index (χ2n) is 8.50. The minimum atomic E-state index is -0.688. The number of ketones is 1. The van der Waals surface area contributed by atoms with Crippen molar-refractivity contribution >= 4 is 28.5 Å². The van der Waals surface area contributed by atoms with E-state index in [1.54, 1.807) is 56.7 Å². The molecule has 2 heterocycles. The summed E-state index contributed by atoms with van der Waals surface area (Å²) in [5, 5.41) is 10.8. The van der Waals surface area contributed by atoms with Gasteiger partial charge in [0.05, 0.1) is 36.9 Å². The lowest BCUT2D eigenvalue weighted by molar-refractivity contribution is 0.101. The van der Waals surface area contributed by atoms with E-state index in [-0.39, 0.29) is 11.3 Å². The van der Waals surface area contributed by atoms with E-state index in [0.29, 0.717) is 44.3 Å². The van der Waals surface area contributed by atoms with Gasteiger partial charge < -0.3 is 13.9 Å². The summed E-state index contributed by atoms with van der Waals surface area (Å²) in [6, 6.07) is 27.3. The normalized spacial score (nSPS) is 10.7. The average molecular weight is 535 g/mol. The van der Waals surface area contributed by atoms with Crippen LogP contribution in [0.1, 0.15) is 15.9 Å². The number of thioether (sulfide) groups is 1. The fourth-order valence-electron chi connectivity index (χ4n) is 4.09. The molecule has 0 aliphatic rings. The predicted octanol–water partition coefficient (Wildman–Crippen LogP) is 6.39. The smallest absolute Gasteiger partial charge is 0.347 e. The van der Waals surface area contributed by atoms with E-state index in [0.717, 1.165) is 11.1 Å². The number of fused-ring (bicyclic) bond motifs is 1. The van der Waals surface area contributed by atoms with Gasteiger partial charge in [-0.15, -0.1) is 11.8 Å². The van der Waals surface area contributed by atoms with Gasteiger partial charge in [-0.1, -0.05) is 18.2 Å². The Balaban J connectivity index is 1.55. The van der Waals surface area contributed by atoms with Crippen molar-refractivity contribution in [3.63, 3.8) is 0 Å². The average Bonchev–Trinajstić information content (AvgIpc) is 2.99. The maximum atomic E-state index is 13.1. The van der Waals surface area contributed by atoms with Gasteiger partial charge in [0.25, 0.3) is 0 Å². The third-order valence-electron chi connectivity index (χ3n) is 6.14. The van der Waals surface area contributed by atoms with Crippen molar-refractivity contribution in [2.24, 2.45) is 0 Å². The van der Waals surface area contributed by atoms with Crippen LogP contribution < -0.4 is 15.1 Å². The molecule has 0 N–H and O–H groups in total. The number of benzene rings is 3. The number of carbonyl (C=O) groups is 1. The van der Waals surface area contributed by atoms with Crippen molar-refractivity contribution in [2.45, 2.75) is 4.90 Å². The number of Topliss-reactive ketones (excluding diaryl/α,β-unsaturated/α-hetero) is 1. The van der Waals surface area contributed by atoms with E-state index < -0.39 is 11.4 Å². The molecule has 0 saturated heterocycles. The van der Waals surface area contributed by atoms with Crippen LogP contribution in [0.2, 0.25) is 0 Å². The summed E-state index contributed by atoms with van der Waals surface area (Å²) in [7, 11) is 3.18. The maximum Gasteiger partial charge on any atom is 0.347 e. The van der Waals surface area contributed by atoms with E-state index in [2.05, 4.69) is 6.07 Å². The van der Waals surface area contributed by atoms with E-state index in [1.807, 2.05) is 42.5 Å². The summed E-state index contributed by atoms with van der Waals surface area (Å²) >= 11 is 1.18. The highest BCUT2D eigenvalue weighted by Gasteiger charge is 2.19. The van der Waals surface area contributed by atoms with Crippen molar-refractivity contribution < 1.29 is 18.7 Å². The highest BCUT2D eigenvalue weighted by Crippen LogP contribution is 2.35. The first-order valence-electron chi connectivity index (χ1n) is 11.9. The van der Waals surface area contributed by atoms with Crippen LogP contribution in [-0.4, -0.2) is 30.7 Å². The second kappa shape index (κ2) is 11.3. The van der Waals surface area contributed by atoms with E-state index >= 15 is 0 Å². The van der Waals surface area contributed by atoms with Gasteiger partial charge in [0.15, 0.2) is 5.78 Å². The van der Waals surface area contributed by atoms with Gasteiger partial charge in [0.1, 0.15) is 28.7 Å².